The molecule has 11 nitrogen and oxygen atoms in total. The summed E-state index contributed by atoms with van der Waals surface area (Å²) in [6, 6.07) is -2.66. The lowest BCUT2D eigenvalue weighted by molar-refractivity contribution is -0.249. The Morgan fingerprint density at radius 3 is 1.00 bits per heavy atom. The first-order valence-electron chi connectivity index (χ1n) is 7.20. The molecule has 0 aromatic rings. The molecular formula is C12H24N2O9. The molecule has 0 spiro atoms. The van der Waals surface area contributed by atoms with Crippen molar-refractivity contribution in [2.75, 3.05) is 0 Å². The van der Waals surface area contributed by atoms with E-state index in [0.717, 1.165) is 0 Å². The lowest BCUT2D eigenvalue weighted by atomic mass is 9.81. The molecule has 0 amide bonds. The van der Waals surface area contributed by atoms with Crippen LogP contribution in [0.25, 0.3) is 0 Å². The summed E-state index contributed by atoms with van der Waals surface area (Å²) in [6.07, 6.45) is -16.4. The van der Waals surface area contributed by atoms with Gasteiger partial charge in [0.25, 0.3) is 0 Å². The van der Waals surface area contributed by atoms with Crippen molar-refractivity contribution in [3.8, 4) is 0 Å². The fourth-order valence-electron chi connectivity index (χ4n) is 3.02. The van der Waals surface area contributed by atoms with Crippen molar-refractivity contribution < 1.29 is 45.6 Å². The summed E-state index contributed by atoms with van der Waals surface area (Å²) >= 11 is 0. The number of hydrogen-bond acceptors (Lipinski definition) is 11. The SMILES string of the molecule is N[C@H]1[C@H](O)[C@H](O)[C@@H](O)[C@@H](O)[C@@H]1O[C@@H]1[C@@H](N)[C@H](O)[C@H](O)[C@@H](O)[C@H]1O. The molecule has 0 unspecified atom stereocenters. The molecule has 0 saturated heterocycles. The zero-order valence-corrected chi connectivity index (χ0v) is 12.1. The van der Waals surface area contributed by atoms with Crippen LogP contribution in [0.2, 0.25) is 0 Å². The van der Waals surface area contributed by atoms with Crippen LogP contribution in [-0.2, 0) is 4.74 Å². The van der Waals surface area contributed by atoms with Crippen molar-refractivity contribution in [3.63, 3.8) is 0 Å². The first kappa shape index (κ1) is 18.9. The largest absolute Gasteiger partial charge is 0.389 e. The lowest BCUT2D eigenvalue weighted by Crippen LogP contribution is -2.72. The molecule has 0 aliphatic heterocycles. The van der Waals surface area contributed by atoms with Gasteiger partial charge in [0.05, 0.1) is 12.1 Å². The smallest absolute Gasteiger partial charge is 0.111 e. The zero-order chi connectivity index (χ0) is 17.6. The molecule has 2 saturated carbocycles. The molecule has 12 atom stereocenters. The third kappa shape index (κ3) is 3.10. The van der Waals surface area contributed by atoms with Crippen molar-refractivity contribution in [1.29, 1.82) is 0 Å². The monoisotopic (exact) mass is 340 g/mol. The summed E-state index contributed by atoms with van der Waals surface area (Å²) in [6.45, 7) is 0. The molecule has 0 radical (unpaired) electrons. The van der Waals surface area contributed by atoms with E-state index in [1.165, 1.54) is 0 Å². The van der Waals surface area contributed by atoms with Crippen molar-refractivity contribution in [1.82, 2.24) is 0 Å². The Kier molecular flexibility index (Phi) is 5.60. The van der Waals surface area contributed by atoms with Crippen molar-refractivity contribution >= 4 is 0 Å². The van der Waals surface area contributed by atoms with E-state index < -0.39 is 73.1 Å². The third-order valence-electron chi connectivity index (χ3n) is 4.63. The quantitative estimate of drug-likeness (QED) is 0.227. The average Bonchev–Trinajstić information content (AvgIpc) is 2.54. The number of aliphatic hydroxyl groups is 8. The van der Waals surface area contributed by atoms with E-state index in [2.05, 4.69) is 0 Å². The van der Waals surface area contributed by atoms with Gasteiger partial charge in [-0.15, -0.1) is 0 Å². The summed E-state index contributed by atoms with van der Waals surface area (Å²) in [5.74, 6) is 0. The fourth-order valence-corrected chi connectivity index (χ4v) is 3.02. The second-order valence-corrected chi connectivity index (χ2v) is 6.14. The summed E-state index contributed by atoms with van der Waals surface area (Å²) in [7, 11) is 0. The normalized spacial score (nSPS) is 58.2. The van der Waals surface area contributed by atoms with Gasteiger partial charge in [0.2, 0.25) is 0 Å². The van der Waals surface area contributed by atoms with Crippen LogP contribution in [0.1, 0.15) is 0 Å². The molecule has 12 N–H and O–H groups in total. The molecular weight excluding hydrogens is 316 g/mol. The van der Waals surface area contributed by atoms with Crippen LogP contribution < -0.4 is 11.5 Å². The molecule has 23 heavy (non-hydrogen) atoms. The molecule has 2 rings (SSSR count). The highest BCUT2D eigenvalue weighted by molar-refractivity contribution is 5.06. The average molecular weight is 340 g/mol. The number of hydrogen-bond donors (Lipinski definition) is 10. The van der Waals surface area contributed by atoms with E-state index in [1.54, 1.807) is 0 Å². The Hall–Kier alpha value is -0.440. The van der Waals surface area contributed by atoms with E-state index in [0.29, 0.717) is 0 Å². The molecule has 11 heteroatoms. The van der Waals surface area contributed by atoms with Crippen LogP contribution in [0, 0.1) is 0 Å². The summed E-state index contributed by atoms with van der Waals surface area (Å²) in [4.78, 5) is 0. The number of aliphatic hydroxyl groups excluding tert-OH is 8. The van der Waals surface area contributed by atoms with Gasteiger partial charge in [-0.05, 0) is 0 Å². The summed E-state index contributed by atoms with van der Waals surface area (Å²) in [5.41, 5.74) is 11.3. The minimum absolute atomic E-state index is 1.33. The van der Waals surface area contributed by atoms with Gasteiger partial charge in [-0.25, -0.2) is 0 Å². The van der Waals surface area contributed by atoms with Crippen molar-refractivity contribution in [2.45, 2.75) is 73.1 Å². The topological polar surface area (TPSA) is 223 Å². The molecule has 136 valence electrons. The zero-order valence-electron chi connectivity index (χ0n) is 12.1. The standard InChI is InChI=1S/C12H24N2O9/c13-1-3(15)5(17)7(19)9(21)11(1)23-12-2(14)4(16)6(18)8(20)10(12)22/h1-12,15-22H,13-14H2/t1-,2-,3-,4-,5-,6-,7+,8+,9+,10+,11+,12+/m0/s1. The van der Waals surface area contributed by atoms with Gasteiger partial charge in [0.1, 0.15) is 61.0 Å². The second-order valence-electron chi connectivity index (χ2n) is 6.14. The van der Waals surface area contributed by atoms with Crippen LogP contribution in [0.3, 0.4) is 0 Å². The van der Waals surface area contributed by atoms with E-state index in [1.807, 2.05) is 0 Å². The Balaban J connectivity index is 2.19. The maximum Gasteiger partial charge on any atom is 0.111 e. The van der Waals surface area contributed by atoms with Crippen LogP contribution in [0.4, 0.5) is 0 Å². The number of nitrogens with two attached hydrogens (primary N) is 2. The minimum Gasteiger partial charge on any atom is -0.389 e. The first-order chi connectivity index (χ1) is 10.6. The Morgan fingerprint density at radius 2 is 0.696 bits per heavy atom. The van der Waals surface area contributed by atoms with Gasteiger partial charge in [0, 0.05) is 0 Å². The summed E-state index contributed by atoms with van der Waals surface area (Å²) in [5, 5.41) is 77.9. The molecule has 0 aromatic heterocycles. The predicted octanol–water partition coefficient (Wildman–Crippen LogP) is -6.69. The molecule has 0 aromatic carbocycles. The van der Waals surface area contributed by atoms with Gasteiger partial charge in [-0.2, -0.15) is 0 Å². The Labute approximate surface area is 131 Å². The highest BCUT2D eigenvalue weighted by atomic mass is 16.5. The van der Waals surface area contributed by atoms with Gasteiger partial charge < -0.3 is 57.1 Å². The van der Waals surface area contributed by atoms with Crippen LogP contribution in [-0.4, -0.2) is 114 Å². The minimum atomic E-state index is -1.76. The van der Waals surface area contributed by atoms with Gasteiger partial charge >= 0.3 is 0 Å². The molecule has 2 aliphatic carbocycles. The van der Waals surface area contributed by atoms with E-state index in [-0.39, 0.29) is 0 Å². The summed E-state index contributed by atoms with van der Waals surface area (Å²) < 4.78 is 5.35. The van der Waals surface area contributed by atoms with E-state index in [4.69, 9.17) is 16.2 Å². The Morgan fingerprint density at radius 1 is 0.435 bits per heavy atom. The van der Waals surface area contributed by atoms with Crippen molar-refractivity contribution in [3.05, 3.63) is 0 Å². The predicted molar refractivity (Wildman–Crippen MR) is 72.7 cm³/mol. The molecule has 0 bridgehead atoms. The Bertz CT molecular complexity index is 348. The van der Waals surface area contributed by atoms with E-state index in [9.17, 15) is 40.9 Å². The van der Waals surface area contributed by atoms with Crippen LogP contribution in [0.5, 0.6) is 0 Å². The van der Waals surface area contributed by atoms with Crippen molar-refractivity contribution in [2.24, 2.45) is 11.5 Å². The van der Waals surface area contributed by atoms with Gasteiger partial charge in [0.15, 0.2) is 0 Å². The highest BCUT2D eigenvalue weighted by Crippen LogP contribution is 2.28. The van der Waals surface area contributed by atoms with Gasteiger partial charge in [-0.3, -0.25) is 0 Å². The fraction of sp³-hybridized carbons (Fsp3) is 1.00. The maximum absolute atomic E-state index is 9.96. The molecule has 2 aliphatic rings. The highest BCUT2D eigenvalue weighted by Gasteiger charge is 2.53. The number of rotatable bonds is 2. The second kappa shape index (κ2) is 6.82. The lowest BCUT2D eigenvalue weighted by Gasteiger charge is -2.48. The maximum atomic E-state index is 9.96. The molecule has 0 heterocycles. The van der Waals surface area contributed by atoms with Crippen LogP contribution >= 0.6 is 0 Å². The van der Waals surface area contributed by atoms with Gasteiger partial charge in [-0.1, -0.05) is 0 Å². The number of ether oxygens (including phenoxy) is 1. The van der Waals surface area contributed by atoms with E-state index >= 15 is 0 Å². The first-order valence-corrected chi connectivity index (χ1v) is 7.20. The van der Waals surface area contributed by atoms with Crippen LogP contribution in [0.15, 0.2) is 0 Å². The third-order valence-corrected chi connectivity index (χ3v) is 4.63. The molecule has 2 fully saturated rings.